The minimum Gasteiger partial charge on any atom is -0.322 e. The second-order valence-electron chi connectivity index (χ2n) is 6.66. The lowest BCUT2D eigenvalue weighted by atomic mass is 10.1. The molecule has 0 atom stereocenters. The number of carbonyl (C=O) groups is 1. The van der Waals surface area contributed by atoms with Crippen LogP contribution >= 0.6 is 0 Å². The van der Waals surface area contributed by atoms with Crippen LogP contribution in [0.1, 0.15) is 16.8 Å². The molecule has 0 radical (unpaired) electrons. The molecule has 0 aliphatic heterocycles. The van der Waals surface area contributed by atoms with E-state index in [-0.39, 0.29) is 5.91 Å². The molecule has 0 saturated heterocycles. The zero-order valence-corrected chi connectivity index (χ0v) is 15.8. The van der Waals surface area contributed by atoms with Crippen LogP contribution in [0.3, 0.4) is 0 Å². The molecule has 0 unspecified atom stereocenters. The van der Waals surface area contributed by atoms with E-state index in [4.69, 9.17) is 0 Å². The van der Waals surface area contributed by atoms with Crippen molar-refractivity contribution in [3.05, 3.63) is 77.9 Å². The van der Waals surface area contributed by atoms with Crippen molar-refractivity contribution in [1.82, 2.24) is 19.7 Å². The summed E-state index contributed by atoms with van der Waals surface area (Å²) in [6, 6.07) is 14.3. The van der Waals surface area contributed by atoms with Gasteiger partial charge in [0, 0.05) is 38.7 Å². The summed E-state index contributed by atoms with van der Waals surface area (Å²) in [6.07, 6.45) is 6.32. The summed E-state index contributed by atoms with van der Waals surface area (Å²) >= 11 is 0. The molecule has 1 aromatic carbocycles. The maximum atomic E-state index is 12.6. The van der Waals surface area contributed by atoms with Crippen LogP contribution < -0.4 is 5.32 Å². The molecule has 2 aromatic heterocycles. The van der Waals surface area contributed by atoms with E-state index in [0.29, 0.717) is 13.1 Å². The van der Waals surface area contributed by atoms with Crippen molar-refractivity contribution < 1.29 is 4.79 Å². The first-order valence-corrected chi connectivity index (χ1v) is 9.05. The Kier molecular flexibility index (Phi) is 6.33. The van der Waals surface area contributed by atoms with Crippen LogP contribution in [0, 0.1) is 6.92 Å². The Balaban J connectivity index is 1.64. The molecule has 0 aliphatic carbocycles. The standard InChI is InChI=1S/C21H25N5O/c1-17-20(15-25(2)24-17)23-21(27)16-26(14-19-9-6-11-22-13-19)12-10-18-7-4-3-5-8-18/h3-9,11,13,15H,10,12,14,16H2,1-2H3,(H,23,27). The van der Waals surface area contributed by atoms with Gasteiger partial charge in [-0.05, 0) is 30.5 Å². The van der Waals surface area contributed by atoms with Crippen molar-refractivity contribution in [2.45, 2.75) is 19.9 Å². The molecule has 6 nitrogen and oxygen atoms in total. The van der Waals surface area contributed by atoms with Crippen molar-refractivity contribution in [2.75, 3.05) is 18.4 Å². The van der Waals surface area contributed by atoms with Crippen molar-refractivity contribution in [3.8, 4) is 0 Å². The highest BCUT2D eigenvalue weighted by molar-refractivity contribution is 5.92. The van der Waals surface area contributed by atoms with Crippen LogP contribution in [0.15, 0.2) is 61.1 Å². The van der Waals surface area contributed by atoms with Gasteiger partial charge in [-0.3, -0.25) is 19.4 Å². The number of hydrogen-bond donors (Lipinski definition) is 1. The number of nitrogens with zero attached hydrogens (tertiary/aromatic N) is 4. The molecule has 0 saturated carbocycles. The third kappa shape index (κ3) is 5.76. The summed E-state index contributed by atoms with van der Waals surface area (Å²) in [4.78, 5) is 18.9. The fourth-order valence-corrected chi connectivity index (χ4v) is 3.01. The van der Waals surface area contributed by atoms with E-state index in [1.54, 1.807) is 10.9 Å². The quantitative estimate of drug-likeness (QED) is 0.668. The lowest BCUT2D eigenvalue weighted by Crippen LogP contribution is -2.34. The molecular weight excluding hydrogens is 338 g/mol. The predicted molar refractivity (Wildman–Crippen MR) is 106 cm³/mol. The molecule has 27 heavy (non-hydrogen) atoms. The van der Waals surface area contributed by atoms with Crippen LogP contribution in [0.5, 0.6) is 0 Å². The van der Waals surface area contributed by atoms with Gasteiger partial charge < -0.3 is 5.32 Å². The minimum absolute atomic E-state index is 0.0388. The summed E-state index contributed by atoms with van der Waals surface area (Å²) in [5, 5.41) is 7.23. The van der Waals surface area contributed by atoms with Gasteiger partial charge in [-0.25, -0.2) is 0 Å². The van der Waals surface area contributed by atoms with E-state index in [9.17, 15) is 4.79 Å². The third-order valence-corrected chi connectivity index (χ3v) is 4.34. The average molecular weight is 363 g/mol. The Morgan fingerprint density at radius 3 is 2.59 bits per heavy atom. The van der Waals surface area contributed by atoms with Crippen molar-refractivity contribution in [3.63, 3.8) is 0 Å². The Morgan fingerprint density at radius 2 is 1.93 bits per heavy atom. The number of benzene rings is 1. The number of pyridine rings is 1. The highest BCUT2D eigenvalue weighted by atomic mass is 16.2. The topological polar surface area (TPSA) is 63.1 Å². The highest BCUT2D eigenvalue weighted by Crippen LogP contribution is 2.12. The third-order valence-electron chi connectivity index (χ3n) is 4.34. The Bertz CT molecular complexity index is 861. The van der Waals surface area contributed by atoms with E-state index in [1.165, 1.54) is 5.56 Å². The first kappa shape index (κ1) is 18.8. The first-order valence-electron chi connectivity index (χ1n) is 9.05. The van der Waals surface area contributed by atoms with Gasteiger partial charge in [-0.15, -0.1) is 0 Å². The van der Waals surface area contributed by atoms with Crippen molar-refractivity contribution >= 4 is 11.6 Å². The number of hydrogen-bond acceptors (Lipinski definition) is 4. The van der Waals surface area contributed by atoms with E-state index < -0.39 is 0 Å². The number of aromatic nitrogens is 3. The molecule has 2 heterocycles. The van der Waals surface area contributed by atoms with E-state index in [0.717, 1.165) is 29.9 Å². The van der Waals surface area contributed by atoms with E-state index in [1.807, 2.05) is 56.7 Å². The molecule has 1 N–H and O–H groups in total. The van der Waals surface area contributed by atoms with E-state index >= 15 is 0 Å². The van der Waals surface area contributed by atoms with Crippen LogP contribution in [0.2, 0.25) is 0 Å². The number of carbonyl (C=O) groups excluding carboxylic acids is 1. The molecule has 6 heteroatoms. The lowest BCUT2D eigenvalue weighted by Gasteiger charge is -2.22. The Hall–Kier alpha value is -2.99. The smallest absolute Gasteiger partial charge is 0.238 e. The van der Waals surface area contributed by atoms with Crippen LogP contribution in [-0.4, -0.2) is 38.7 Å². The molecule has 3 rings (SSSR count). The van der Waals surface area contributed by atoms with Gasteiger partial charge in [0.25, 0.3) is 0 Å². The highest BCUT2D eigenvalue weighted by Gasteiger charge is 2.14. The summed E-state index contributed by atoms with van der Waals surface area (Å²) in [5.74, 6) is -0.0388. The van der Waals surface area contributed by atoms with Crippen molar-refractivity contribution in [2.24, 2.45) is 7.05 Å². The van der Waals surface area contributed by atoms with Gasteiger partial charge in [-0.2, -0.15) is 5.10 Å². The molecular formula is C21H25N5O. The average Bonchev–Trinajstić information content (AvgIpc) is 2.98. The van der Waals surface area contributed by atoms with Gasteiger partial charge in [0.2, 0.25) is 5.91 Å². The molecule has 0 fully saturated rings. The minimum atomic E-state index is -0.0388. The van der Waals surface area contributed by atoms with Gasteiger partial charge in [-0.1, -0.05) is 36.4 Å². The fraction of sp³-hybridized carbons (Fsp3) is 0.286. The molecule has 1 amide bonds. The zero-order chi connectivity index (χ0) is 19.1. The second kappa shape index (κ2) is 9.09. The second-order valence-corrected chi connectivity index (χ2v) is 6.66. The summed E-state index contributed by atoms with van der Waals surface area (Å²) in [7, 11) is 1.84. The molecule has 3 aromatic rings. The van der Waals surface area contributed by atoms with Crippen LogP contribution in [-0.2, 0) is 24.8 Å². The van der Waals surface area contributed by atoms with Gasteiger partial charge in [0.05, 0.1) is 17.9 Å². The summed E-state index contributed by atoms with van der Waals surface area (Å²) in [6.45, 7) is 3.67. The number of rotatable bonds is 8. The molecule has 0 spiro atoms. The number of anilines is 1. The Labute approximate surface area is 159 Å². The molecule has 0 bridgehead atoms. The molecule has 0 aliphatic rings. The Morgan fingerprint density at radius 1 is 1.15 bits per heavy atom. The van der Waals surface area contributed by atoms with Gasteiger partial charge >= 0.3 is 0 Å². The normalized spacial score (nSPS) is 10.9. The largest absolute Gasteiger partial charge is 0.322 e. The number of nitrogens with one attached hydrogen (secondary N) is 1. The van der Waals surface area contributed by atoms with Crippen LogP contribution in [0.25, 0.3) is 0 Å². The van der Waals surface area contributed by atoms with Crippen molar-refractivity contribution in [1.29, 1.82) is 0 Å². The number of amides is 1. The SMILES string of the molecule is Cc1nn(C)cc1NC(=O)CN(CCc1ccccc1)Cc1cccnc1. The number of aryl methyl sites for hydroxylation is 2. The van der Waals surface area contributed by atoms with Crippen LogP contribution in [0.4, 0.5) is 5.69 Å². The summed E-state index contributed by atoms with van der Waals surface area (Å²) in [5.41, 5.74) is 3.92. The fourth-order valence-electron chi connectivity index (χ4n) is 3.01. The predicted octanol–water partition coefficient (Wildman–Crippen LogP) is 2.81. The monoisotopic (exact) mass is 363 g/mol. The maximum absolute atomic E-state index is 12.6. The summed E-state index contributed by atoms with van der Waals surface area (Å²) < 4.78 is 1.70. The maximum Gasteiger partial charge on any atom is 0.238 e. The van der Waals surface area contributed by atoms with Gasteiger partial charge in [0.1, 0.15) is 0 Å². The first-order chi connectivity index (χ1) is 13.1. The lowest BCUT2D eigenvalue weighted by molar-refractivity contribution is -0.117. The van der Waals surface area contributed by atoms with Gasteiger partial charge in [0.15, 0.2) is 0 Å². The molecule has 140 valence electrons. The zero-order valence-electron chi connectivity index (χ0n) is 15.8. The van der Waals surface area contributed by atoms with E-state index in [2.05, 4.69) is 32.4 Å².